The molecule has 38 heavy (non-hydrogen) atoms. The summed E-state index contributed by atoms with van der Waals surface area (Å²) in [5.41, 5.74) is 3.16. The average molecular weight is 536 g/mol. The Morgan fingerprint density at radius 3 is 2.21 bits per heavy atom. The molecule has 2 amide bonds. The zero-order chi connectivity index (χ0) is 27.7. The number of carbonyl (C=O) groups is 2. The molecule has 1 N–H and O–H groups in total. The van der Waals surface area contributed by atoms with Crippen LogP contribution in [0.5, 0.6) is 0 Å². The predicted molar refractivity (Wildman–Crippen MR) is 151 cm³/mol. The summed E-state index contributed by atoms with van der Waals surface area (Å²) in [6.45, 7) is 7.77. The van der Waals surface area contributed by atoms with Gasteiger partial charge in [0, 0.05) is 13.1 Å². The molecule has 8 heteroatoms. The second-order valence-corrected chi connectivity index (χ2v) is 11.0. The van der Waals surface area contributed by atoms with Crippen molar-refractivity contribution in [3.05, 3.63) is 95.6 Å². The molecule has 0 aliphatic heterocycles. The number of aryl methyl sites for hydroxylation is 2. The minimum Gasteiger partial charge on any atom is -0.355 e. The number of nitrogens with one attached hydrogen (secondary N) is 1. The second-order valence-electron chi connectivity index (χ2n) is 9.14. The summed E-state index contributed by atoms with van der Waals surface area (Å²) in [6, 6.07) is 22.3. The van der Waals surface area contributed by atoms with Crippen molar-refractivity contribution in [2.45, 2.75) is 58.0 Å². The number of hydrogen-bond donors (Lipinski definition) is 1. The van der Waals surface area contributed by atoms with E-state index in [9.17, 15) is 18.0 Å². The Kier molecular flexibility index (Phi) is 10.1. The first-order valence-corrected chi connectivity index (χ1v) is 14.4. The van der Waals surface area contributed by atoms with E-state index in [0.717, 1.165) is 16.7 Å². The maximum absolute atomic E-state index is 14.0. The van der Waals surface area contributed by atoms with Crippen molar-refractivity contribution in [3.8, 4) is 0 Å². The van der Waals surface area contributed by atoms with Crippen LogP contribution in [-0.2, 0) is 32.6 Å². The molecule has 0 heterocycles. The first-order chi connectivity index (χ1) is 18.2. The molecule has 0 aliphatic carbocycles. The minimum absolute atomic E-state index is 0.0970. The molecular formula is C30H37N3O4S. The largest absolute Gasteiger partial charge is 0.355 e. The number of rotatable bonds is 12. The van der Waals surface area contributed by atoms with E-state index in [4.69, 9.17) is 0 Å². The van der Waals surface area contributed by atoms with E-state index >= 15 is 0 Å². The SMILES string of the molecule is CCNC(=O)[C@@H](CC)N(Cc1cccc(C)c1)C(=O)CN(c1ccccc1CC)S(=O)(=O)c1ccccc1. The standard InChI is InChI=1S/C30H37N3O4S/c1-5-25-16-11-12-19-28(25)33(38(36,37)26-17-9-8-10-18-26)22-29(34)32(27(6-2)30(35)31-7-3)21-24-15-13-14-23(4)20-24/h8-20,27H,5-7,21-22H2,1-4H3,(H,31,35)/t27-/m1/s1. The zero-order valence-corrected chi connectivity index (χ0v) is 23.4. The monoisotopic (exact) mass is 535 g/mol. The smallest absolute Gasteiger partial charge is 0.264 e. The van der Waals surface area contributed by atoms with E-state index in [1.807, 2.05) is 64.1 Å². The molecule has 0 spiro atoms. The number of sulfonamides is 1. The van der Waals surface area contributed by atoms with Gasteiger partial charge in [-0.25, -0.2) is 8.42 Å². The highest BCUT2D eigenvalue weighted by Crippen LogP contribution is 2.28. The Morgan fingerprint density at radius 1 is 0.895 bits per heavy atom. The molecule has 0 bridgehead atoms. The van der Waals surface area contributed by atoms with Crippen molar-refractivity contribution in [2.75, 3.05) is 17.4 Å². The molecule has 3 rings (SSSR count). The number of para-hydroxylation sites is 1. The molecule has 202 valence electrons. The summed E-state index contributed by atoms with van der Waals surface area (Å²) >= 11 is 0. The van der Waals surface area contributed by atoms with Gasteiger partial charge in [0.1, 0.15) is 12.6 Å². The molecule has 0 aliphatic rings. The molecule has 3 aromatic rings. The Hall–Kier alpha value is -3.65. The van der Waals surface area contributed by atoms with Gasteiger partial charge in [0.25, 0.3) is 10.0 Å². The van der Waals surface area contributed by atoms with Gasteiger partial charge in [-0.3, -0.25) is 13.9 Å². The highest BCUT2D eigenvalue weighted by molar-refractivity contribution is 7.92. The summed E-state index contributed by atoms with van der Waals surface area (Å²) in [5, 5.41) is 2.82. The molecule has 0 saturated heterocycles. The fraction of sp³-hybridized carbons (Fsp3) is 0.333. The van der Waals surface area contributed by atoms with Crippen molar-refractivity contribution in [2.24, 2.45) is 0 Å². The van der Waals surface area contributed by atoms with Gasteiger partial charge in [-0.05, 0) is 56.0 Å². The van der Waals surface area contributed by atoms with Crippen molar-refractivity contribution in [1.82, 2.24) is 10.2 Å². The average Bonchev–Trinajstić information content (AvgIpc) is 2.92. The highest BCUT2D eigenvalue weighted by Gasteiger charge is 2.34. The topological polar surface area (TPSA) is 86.8 Å². The lowest BCUT2D eigenvalue weighted by molar-refractivity contribution is -0.140. The number of likely N-dealkylation sites (N-methyl/N-ethyl adjacent to an activating group) is 1. The number of nitrogens with zero attached hydrogens (tertiary/aromatic N) is 2. The van der Waals surface area contributed by atoms with Crippen LogP contribution in [0.25, 0.3) is 0 Å². The number of hydrogen-bond acceptors (Lipinski definition) is 4. The molecule has 0 fully saturated rings. The Morgan fingerprint density at radius 2 is 1.58 bits per heavy atom. The lowest BCUT2D eigenvalue weighted by Crippen LogP contribution is -2.52. The van der Waals surface area contributed by atoms with E-state index in [1.54, 1.807) is 30.3 Å². The maximum Gasteiger partial charge on any atom is 0.264 e. The van der Waals surface area contributed by atoms with E-state index in [2.05, 4.69) is 5.32 Å². The predicted octanol–water partition coefficient (Wildman–Crippen LogP) is 4.70. The van der Waals surface area contributed by atoms with Gasteiger partial charge >= 0.3 is 0 Å². The van der Waals surface area contributed by atoms with Gasteiger partial charge in [0.05, 0.1) is 10.6 Å². The van der Waals surface area contributed by atoms with Crippen LogP contribution in [0.2, 0.25) is 0 Å². The van der Waals surface area contributed by atoms with E-state index < -0.39 is 28.5 Å². The molecule has 3 aromatic carbocycles. The van der Waals surface area contributed by atoms with Crippen LogP contribution in [0.3, 0.4) is 0 Å². The van der Waals surface area contributed by atoms with Crippen molar-refractivity contribution < 1.29 is 18.0 Å². The van der Waals surface area contributed by atoms with Crippen LogP contribution in [0.4, 0.5) is 5.69 Å². The first-order valence-electron chi connectivity index (χ1n) is 13.0. The van der Waals surface area contributed by atoms with Crippen molar-refractivity contribution in [3.63, 3.8) is 0 Å². The lowest BCUT2D eigenvalue weighted by atomic mass is 10.1. The Bertz CT molecular complexity index is 1340. The van der Waals surface area contributed by atoms with Crippen LogP contribution >= 0.6 is 0 Å². The Balaban J connectivity index is 2.09. The molecule has 7 nitrogen and oxygen atoms in total. The van der Waals surface area contributed by atoms with Crippen LogP contribution in [0.1, 0.15) is 43.9 Å². The van der Waals surface area contributed by atoms with Gasteiger partial charge in [0.2, 0.25) is 11.8 Å². The zero-order valence-electron chi connectivity index (χ0n) is 22.6. The molecule has 1 atom stereocenters. The fourth-order valence-corrected chi connectivity index (χ4v) is 5.98. The van der Waals surface area contributed by atoms with E-state index in [0.29, 0.717) is 25.1 Å². The molecule has 0 saturated carbocycles. The molecule has 0 radical (unpaired) electrons. The summed E-state index contributed by atoms with van der Waals surface area (Å²) in [6.07, 6.45) is 0.981. The number of benzene rings is 3. The van der Waals surface area contributed by atoms with Gasteiger partial charge in [0.15, 0.2) is 0 Å². The van der Waals surface area contributed by atoms with Gasteiger partial charge < -0.3 is 10.2 Å². The number of amides is 2. The van der Waals surface area contributed by atoms with Crippen molar-refractivity contribution >= 4 is 27.5 Å². The van der Waals surface area contributed by atoms with Crippen molar-refractivity contribution in [1.29, 1.82) is 0 Å². The van der Waals surface area contributed by atoms with Crippen LogP contribution in [-0.4, -0.2) is 44.3 Å². The normalized spacial score (nSPS) is 12.0. The molecule has 0 aromatic heterocycles. The van der Waals surface area contributed by atoms with E-state index in [1.165, 1.54) is 21.3 Å². The quantitative estimate of drug-likeness (QED) is 0.364. The summed E-state index contributed by atoms with van der Waals surface area (Å²) in [4.78, 5) is 28.7. The third kappa shape index (κ3) is 6.81. The summed E-state index contributed by atoms with van der Waals surface area (Å²) in [5.74, 6) is -0.711. The number of anilines is 1. The summed E-state index contributed by atoms with van der Waals surface area (Å²) in [7, 11) is -4.07. The molecular weight excluding hydrogens is 498 g/mol. The fourth-order valence-electron chi connectivity index (χ4n) is 4.50. The van der Waals surface area contributed by atoms with Gasteiger partial charge in [-0.15, -0.1) is 0 Å². The summed E-state index contributed by atoms with van der Waals surface area (Å²) < 4.78 is 29.0. The third-order valence-corrected chi connectivity index (χ3v) is 8.20. The molecule has 0 unspecified atom stereocenters. The number of carbonyl (C=O) groups excluding carboxylic acids is 2. The van der Waals surface area contributed by atoms with Crippen LogP contribution < -0.4 is 9.62 Å². The minimum atomic E-state index is -4.07. The van der Waals surface area contributed by atoms with Crippen LogP contribution in [0.15, 0.2) is 83.8 Å². The second kappa shape index (κ2) is 13.2. The van der Waals surface area contributed by atoms with Gasteiger partial charge in [-0.1, -0.05) is 80.1 Å². The Labute approximate surface area is 226 Å². The lowest BCUT2D eigenvalue weighted by Gasteiger charge is -2.33. The first kappa shape index (κ1) is 28.9. The van der Waals surface area contributed by atoms with Gasteiger partial charge in [-0.2, -0.15) is 0 Å². The van der Waals surface area contributed by atoms with Crippen LogP contribution in [0, 0.1) is 6.92 Å². The third-order valence-electron chi connectivity index (χ3n) is 6.42. The highest BCUT2D eigenvalue weighted by atomic mass is 32.2. The maximum atomic E-state index is 14.0. The van der Waals surface area contributed by atoms with E-state index in [-0.39, 0.29) is 17.3 Å².